The van der Waals surface area contributed by atoms with Gasteiger partial charge in [0.1, 0.15) is 0 Å². The van der Waals surface area contributed by atoms with E-state index in [0.717, 1.165) is 51.6 Å². The predicted octanol–water partition coefficient (Wildman–Crippen LogP) is 6.44. The van der Waals surface area contributed by atoms with Gasteiger partial charge in [-0.2, -0.15) is 5.06 Å². The molecule has 0 amide bonds. The number of nitrogens with zero attached hydrogens (tertiary/aromatic N) is 1. The number of hydrogen-bond acceptors (Lipinski definition) is 7. The van der Waals surface area contributed by atoms with Crippen LogP contribution in [0.15, 0.2) is 0 Å². The van der Waals surface area contributed by atoms with E-state index in [4.69, 9.17) is 18.8 Å². The Kier molecular flexibility index (Phi) is 7.77. The van der Waals surface area contributed by atoms with Crippen molar-refractivity contribution in [3.8, 4) is 0 Å². The van der Waals surface area contributed by atoms with Crippen LogP contribution in [0.4, 0.5) is 0 Å². The number of ether oxygens (including phenoxy) is 2. The molecule has 0 radical (unpaired) electrons. The molecule has 0 aromatic heterocycles. The first kappa shape index (κ1) is 25.7. The number of hydroxylamine groups is 2. The Hall–Kier alpha value is -0.340. The van der Waals surface area contributed by atoms with Crippen LogP contribution in [-0.2, 0) is 23.6 Å². The van der Waals surface area contributed by atoms with Gasteiger partial charge in [-0.1, -0.05) is 59.8 Å². The second-order valence-electron chi connectivity index (χ2n) is 11.8. The molecule has 2 bridgehead atoms. The zero-order chi connectivity index (χ0) is 23.7. The molecule has 0 N–H and O–H groups in total. The average molecular weight is 484 g/mol. The fourth-order valence-electron chi connectivity index (χ4n) is 7.33. The molecular formula is C26H45NO5S. The first-order valence-corrected chi connectivity index (χ1v) is 14.3. The van der Waals surface area contributed by atoms with Gasteiger partial charge in [0.25, 0.3) is 0 Å². The van der Waals surface area contributed by atoms with Crippen molar-refractivity contribution in [3.63, 3.8) is 0 Å². The summed E-state index contributed by atoms with van der Waals surface area (Å²) < 4.78 is 18.8. The lowest BCUT2D eigenvalue weighted by Crippen LogP contribution is -2.53. The summed E-state index contributed by atoms with van der Waals surface area (Å²) in [6.45, 7) is 12.6. The van der Waals surface area contributed by atoms with E-state index in [0.29, 0.717) is 17.6 Å². The Morgan fingerprint density at radius 3 is 2.39 bits per heavy atom. The lowest BCUT2D eigenvalue weighted by atomic mass is 9.68. The van der Waals surface area contributed by atoms with Crippen LogP contribution in [0.25, 0.3) is 0 Å². The highest BCUT2D eigenvalue weighted by Gasteiger charge is 2.78. The number of carbonyl (C=O) groups is 1. The highest BCUT2D eigenvalue weighted by Crippen LogP contribution is 2.74. The van der Waals surface area contributed by atoms with E-state index in [9.17, 15) is 4.79 Å². The Morgan fingerprint density at radius 1 is 1.06 bits per heavy atom. The maximum Gasteiger partial charge on any atom is 0.340 e. The number of carbonyl (C=O) groups excluding carboxylic acids is 1. The molecule has 1 aliphatic heterocycles. The second-order valence-corrected chi connectivity index (χ2v) is 12.4. The molecule has 1 spiro atoms. The van der Waals surface area contributed by atoms with Crippen LogP contribution in [-0.4, -0.2) is 41.3 Å². The SMILES string of the molecule is CCCN(CCC)OOSCC12CCC(CC13OC(=O)[C@@](C)(CC1CCCCC1)O3)C2(C)C. The largest absolute Gasteiger partial charge is 0.430 e. The molecule has 4 fully saturated rings. The van der Waals surface area contributed by atoms with Gasteiger partial charge in [-0.15, -0.1) is 9.32 Å². The molecule has 3 aliphatic carbocycles. The Bertz CT molecular complexity index is 692. The summed E-state index contributed by atoms with van der Waals surface area (Å²) in [5.74, 6) is 0.733. The van der Waals surface area contributed by atoms with Crippen molar-refractivity contribution < 1.29 is 23.6 Å². The number of rotatable bonds is 11. The highest BCUT2D eigenvalue weighted by molar-refractivity contribution is 7.94. The van der Waals surface area contributed by atoms with E-state index in [1.54, 1.807) is 0 Å². The summed E-state index contributed by atoms with van der Waals surface area (Å²) in [6, 6.07) is 0. The standard InChI is InChI=1S/C26H45NO5S/c1-6-15-27(16-7-2)31-32-33-19-25-14-13-21(23(25,3)4)18-26(25)29-22(28)24(5,30-26)17-20-11-9-8-10-12-20/h20-21H,6-19H2,1-5H3/t21?,24-,25?,26?/m1/s1. The number of esters is 1. The minimum Gasteiger partial charge on any atom is -0.430 e. The summed E-state index contributed by atoms with van der Waals surface area (Å²) in [5, 5.41) is 1.88. The van der Waals surface area contributed by atoms with Gasteiger partial charge >= 0.3 is 5.97 Å². The van der Waals surface area contributed by atoms with Gasteiger partial charge in [0.05, 0.1) is 5.41 Å². The number of fused-ring (bicyclic) bond motifs is 3. The second kappa shape index (κ2) is 9.96. The summed E-state index contributed by atoms with van der Waals surface area (Å²) in [6.07, 6.45) is 12.0. The molecule has 1 heterocycles. The van der Waals surface area contributed by atoms with Crippen LogP contribution >= 0.6 is 12.0 Å². The molecule has 1 saturated heterocycles. The van der Waals surface area contributed by atoms with E-state index in [1.165, 1.54) is 44.1 Å². The van der Waals surface area contributed by atoms with Gasteiger partial charge in [-0.3, -0.25) is 0 Å². The monoisotopic (exact) mass is 483 g/mol. The summed E-state index contributed by atoms with van der Waals surface area (Å²) >= 11 is 1.35. The molecule has 7 heteroatoms. The van der Waals surface area contributed by atoms with Gasteiger partial charge in [0.15, 0.2) is 5.60 Å². The molecule has 33 heavy (non-hydrogen) atoms. The fourth-order valence-corrected chi connectivity index (χ4v) is 8.44. The van der Waals surface area contributed by atoms with Crippen LogP contribution in [0, 0.1) is 22.7 Å². The molecule has 4 aliphatic rings. The summed E-state index contributed by atoms with van der Waals surface area (Å²) in [5.41, 5.74) is -1.11. The molecule has 4 rings (SSSR count). The van der Waals surface area contributed by atoms with E-state index in [-0.39, 0.29) is 16.8 Å². The van der Waals surface area contributed by atoms with Gasteiger partial charge in [0, 0.05) is 37.3 Å². The molecule has 0 aromatic rings. The van der Waals surface area contributed by atoms with Crippen molar-refractivity contribution in [1.82, 2.24) is 5.06 Å². The molecule has 0 aromatic carbocycles. The van der Waals surface area contributed by atoms with Crippen LogP contribution < -0.4 is 0 Å². The molecule has 190 valence electrons. The summed E-state index contributed by atoms with van der Waals surface area (Å²) in [4.78, 5) is 18.9. The average Bonchev–Trinajstić information content (AvgIpc) is 3.23. The molecule has 4 atom stereocenters. The van der Waals surface area contributed by atoms with Crippen LogP contribution in [0.1, 0.15) is 105 Å². The zero-order valence-electron chi connectivity index (χ0n) is 21.5. The van der Waals surface area contributed by atoms with Gasteiger partial charge < -0.3 is 9.47 Å². The lowest BCUT2D eigenvalue weighted by Gasteiger charge is -2.46. The Balaban J connectivity index is 1.46. The normalized spacial score (nSPS) is 38.0. The molecular weight excluding hydrogens is 438 g/mol. The van der Waals surface area contributed by atoms with Crippen molar-refractivity contribution >= 4 is 18.0 Å². The van der Waals surface area contributed by atoms with E-state index in [1.807, 2.05) is 12.0 Å². The number of hydrogen-bond donors (Lipinski definition) is 0. The maximum absolute atomic E-state index is 13.3. The fraction of sp³-hybridized carbons (Fsp3) is 0.962. The smallest absolute Gasteiger partial charge is 0.340 e. The van der Waals surface area contributed by atoms with Crippen molar-refractivity contribution in [1.29, 1.82) is 0 Å². The van der Waals surface area contributed by atoms with Gasteiger partial charge in [-0.05, 0) is 56.3 Å². The van der Waals surface area contributed by atoms with Crippen molar-refractivity contribution in [2.45, 2.75) is 117 Å². The Labute approximate surface area is 204 Å². The Morgan fingerprint density at radius 2 is 1.76 bits per heavy atom. The van der Waals surface area contributed by atoms with E-state index < -0.39 is 11.4 Å². The van der Waals surface area contributed by atoms with Gasteiger partial charge in [-0.25, -0.2) is 4.79 Å². The quantitative estimate of drug-likeness (QED) is 0.110. The van der Waals surface area contributed by atoms with Crippen LogP contribution in [0.2, 0.25) is 0 Å². The van der Waals surface area contributed by atoms with Crippen LogP contribution in [0.3, 0.4) is 0 Å². The van der Waals surface area contributed by atoms with Crippen molar-refractivity contribution in [2.75, 3.05) is 18.8 Å². The maximum atomic E-state index is 13.3. The van der Waals surface area contributed by atoms with Gasteiger partial charge in [0.2, 0.25) is 5.79 Å². The first-order chi connectivity index (χ1) is 15.7. The third-order valence-corrected chi connectivity index (χ3v) is 10.1. The third kappa shape index (κ3) is 4.50. The summed E-state index contributed by atoms with van der Waals surface area (Å²) in [7, 11) is 0. The van der Waals surface area contributed by atoms with Crippen molar-refractivity contribution in [3.05, 3.63) is 0 Å². The predicted molar refractivity (Wildman–Crippen MR) is 130 cm³/mol. The van der Waals surface area contributed by atoms with E-state index >= 15 is 0 Å². The molecule has 3 unspecified atom stereocenters. The van der Waals surface area contributed by atoms with Crippen LogP contribution in [0.5, 0.6) is 0 Å². The minimum atomic E-state index is -0.844. The minimum absolute atomic E-state index is 0.00620. The lowest BCUT2D eigenvalue weighted by molar-refractivity contribution is -0.360. The zero-order valence-corrected chi connectivity index (χ0v) is 22.3. The third-order valence-electron chi connectivity index (χ3n) is 9.34. The first-order valence-electron chi connectivity index (χ1n) is 13.4. The molecule has 3 saturated carbocycles. The van der Waals surface area contributed by atoms with E-state index in [2.05, 4.69) is 27.7 Å². The van der Waals surface area contributed by atoms with Crippen molar-refractivity contribution in [2.24, 2.45) is 22.7 Å². The highest BCUT2D eigenvalue weighted by atomic mass is 32.2. The topological polar surface area (TPSA) is 57.2 Å². The molecule has 6 nitrogen and oxygen atoms in total.